The fraction of sp³-hybridized carbons (Fsp3) is 0.115. The van der Waals surface area contributed by atoms with E-state index in [0.29, 0.717) is 0 Å². The lowest BCUT2D eigenvalue weighted by Gasteiger charge is -2.12. The van der Waals surface area contributed by atoms with Crippen molar-refractivity contribution in [2.75, 3.05) is 0 Å². The van der Waals surface area contributed by atoms with Crippen LogP contribution in [0.5, 0.6) is 0 Å². The highest BCUT2D eigenvalue weighted by molar-refractivity contribution is 5.77. The van der Waals surface area contributed by atoms with E-state index in [9.17, 15) is 0 Å². The summed E-state index contributed by atoms with van der Waals surface area (Å²) in [4.78, 5) is 5.02. The molecule has 0 atom stereocenters. The van der Waals surface area contributed by atoms with Crippen LogP contribution in [0.4, 0.5) is 0 Å². The molecule has 0 unspecified atom stereocenters. The van der Waals surface area contributed by atoms with E-state index in [-0.39, 0.29) is 0 Å². The Labute approximate surface area is 161 Å². The van der Waals surface area contributed by atoms with Gasteiger partial charge in [-0.25, -0.2) is 4.98 Å². The first-order valence-corrected chi connectivity index (χ1v) is 9.32. The Morgan fingerprint density at radius 3 is 1.70 bits per heavy atom. The molecular formula is C26H23N. The minimum absolute atomic E-state index is 1.01. The first-order valence-electron chi connectivity index (χ1n) is 9.32. The Bertz CT molecular complexity index is 1070. The molecule has 0 aliphatic carbocycles. The molecule has 0 aliphatic heterocycles. The molecule has 4 aromatic rings. The van der Waals surface area contributed by atoms with Gasteiger partial charge in [0.2, 0.25) is 0 Å². The molecule has 0 spiro atoms. The molecule has 0 N–H and O–H groups in total. The van der Waals surface area contributed by atoms with Gasteiger partial charge in [0.1, 0.15) is 0 Å². The normalized spacial score (nSPS) is 10.8. The lowest BCUT2D eigenvalue weighted by Crippen LogP contribution is -1.92. The highest BCUT2D eigenvalue weighted by atomic mass is 14.7. The molecule has 1 heteroatoms. The third-order valence-corrected chi connectivity index (χ3v) is 4.76. The SMILES string of the molecule is Cc1cccc(-c2cc(-c3ccccc3)cc(-c3cc(C)cc(C)c3)n2)c1. The molecule has 0 aliphatic rings. The topological polar surface area (TPSA) is 12.9 Å². The van der Waals surface area contributed by atoms with Crippen LogP contribution in [0, 0.1) is 20.8 Å². The number of nitrogens with zero attached hydrogens (tertiary/aromatic N) is 1. The van der Waals surface area contributed by atoms with Crippen molar-refractivity contribution in [2.24, 2.45) is 0 Å². The zero-order valence-corrected chi connectivity index (χ0v) is 16.0. The Balaban J connectivity index is 1.94. The van der Waals surface area contributed by atoms with Crippen molar-refractivity contribution in [1.29, 1.82) is 0 Å². The average Bonchev–Trinajstić information content (AvgIpc) is 2.67. The summed E-state index contributed by atoms with van der Waals surface area (Å²) >= 11 is 0. The highest BCUT2D eigenvalue weighted by Gasteiger charge is 2.09. The molecule has 0 saturated heterocycles. The molecule has 132 valence electrons. The van der Waals surface area contributed by atoms with Crippen molar-refractivity contribution in [3.63, 3.8) is 0 Å². The van der Waals surface area contributed by atoms with E-state index >= 15 is 0 Å². The Kier molecular flexibility index (Phi) is 4.60. The highest BCUT2D eigenvalue weighted by Crippen LogP contribution is 2.31. The molecular weight excluding hydrogens is 326 g/mol. The van der Waals surface area contributed by atoms with Crippen molar-refractivity contribution in [1.82, 2.24) is 4.98 Å². The largest absolute Gasteiger partial charge is 0.248 e. The summed E-state index contributed by atoms with van der Waals surface area (Å²) in [5.41, 5.74) is 10.5. The van der Waals surface area contributed by atoms with E-state index < -0.39 is 0 Å². The monoisotopic (exact) mass is 349 g/mol. The van der Waals surface area contributed by atoms with Gasteiger partial charge in [0.25, 0.3) is 0 Å². The van der Waals surface area contributed by atoms with Crippen LogP contribution in [0.3, 0.4) is 0 Å². The molecule has 4 rings (SSSR count). The van der Waals surface area contributed by atoms with Gasteiger partial charge in [0, 0.05) is 11.1 Å². The number of rotatable bonds is 3. The van der Waals surface area contributed by atoms with Crippen LogP contribution in [0.1, 0.15) is 16.7 Å². The molecule has 1 heterocycles. The summed E-state index contributed by atoms with van der Waals surface area (Å²) in [6, 6.07) is 30.1. The number of benzene rings is 3. The van der Waals surface area contributed by atoms with Gasteiger partial charge < -0.3 is 0 Å². The molecule has 3 aromatic carbocycles. The van der Waals surface area contributed by atoms with E-state index in [4.69, 9.17) is 4.98 Å². The van der Waals surface area contributed by atoms with Crippen LogP contribution in [-0.4, -0.2) is 4.98 Å². The zero-order valence-electron chi connectivity index (χ0n) is 16.0. The van der Waals surface area contributed by atoms with Gasteiger partial charge in [0.05, 0.1) is 11.4 Å². The maximum Gasteiger partial charge on any atom is 0.0715 e. The van der Waals surface area contributed by atoms with Gasteiger partial charge in [-0.1, -0.05) is 71.3 Å². The average molecular weight is 349 g/mol. The Morgan fingerprint density at radius 1 is 0.444 bits per heavy atom. The first-order chi connectivity index (χ1) is 13.1. The van der Waals surface area contributed by atoms with E-state index in [0.717, 1.165) is 17.0 Å². The number of aromatic nitrogens is 1. The first kappa shape index (κ1) is 17.2. The standard InChI is InChI=1S/C26H23N/c1-18-8-7-11-22(13-18)25-16-23(21-9-5-4-6-10-21)17-26(27-25)24-14-19(2)12-20(3)15-24/h4-17H,1-3H3. The third-order valence-electron chi connectivity index (χ3n) is 4.76. The number of pyridine rings is 1. The van der Waals surface area contributed by atoms with Gasteiger partial charge in [-0.15, -0.1) is 0 Å². The van der Waals surface area contributed by atoms with Gasteiger partial charge in [-0.2, -0.15) is 0 Å². The van der Waals surface area contributed by atoms with Crippen LogP contribution in [-0.2, 0) is 0 Å². The molecule has 0 bridgehead atoms. The molecule has 27 heavy (non-hydrogen) atoms. The smallest absolute Gasteiger partial charge is 0.0715 e. The van der Waals surface area contributed by atoms with E-state index in [1.54, 1.807) is 0 Å². The fourth-order valence-electron chi connectivity index (χ4n) is 3.55. The predicted molar refractivity (Wildman–Crippen MR) is 115 cm³/mol. The molecule has 1 aromatic heterocycles. The number of hydrogen-bond donors (Lipinski definition) is 0. The van der Waals surface area contributed by atoms with Crippen LogP contribution >= 0.6 is 0 Å². The third kappa shape index (κ3) is 3.83. The van der Waals surface area contributed by atoms with Gasteiger partial charge in [-0.05, 0) is 62.2 Å². The number of hydrogen-bond acceptors (Lipinski definition) is 1. The maximum atomic E-state index is 5.02. The molecule has 0 fully saturated rings. The maximum absolute atomic E-state index is 5.02. The van der Waals surface area contributed by atoms with Crippen LogP contribution in [0.15, 0.2) is 84.9 Å². The van der Waals surface area contributed by atoms with Crippen molar-refractivity contribution < 1.29 is 0 Å². The van der Waals surface area contributed by atoms with Crippen LogP contribution in [0.2, 0.25) is 0 Å². The van der Waals surface area contributed by atoms with E-state index in [2.05, 4.69) is 106 Å². The van der Waals surface area contributed by atoms with Crippen molar-refractivity contribution in [2.45, 2.75) is 20.8 Å². The second-order valence-electron chi connectivity index (χ2n) is 7.24. The summed E-state index contributed by atoms with van der Waals surface area (Å²) in [6.07, 6.45) is 0. The van der Waals surface area contributed by atoms with Gasteiger partial charge >= 0.3 is 0 Å². The van der Waals surface area contributed by atoms with E-state index in [1.807, 2.05) is 0 Å². The lowest BCUT2D eigenvalue weighted by molar-refractivity contribution is 1.30. The molecule has 0 amide bonds. The lowest BCUT2D eigenvalue weighted by atomic mass is 9.98. The Hall–Kier alpha value is -3.19. The molecule has 0 saturated carbocycles. The number of aryl methyl sites for hydroxylation is 3. The summed E-state index contributed by atoms with van der Waals surface area (Å²) in [6.45, 7) is 6.40. The van der Waals surface area contributed by atoms with Crippen molar-refractivity contribution in [3.05, 3.63) is 102 Å². The van der Waals surface area contributed by atoms with Crippen molar-refractivity contribution >= 4 is 0 Å². The minimum atomic E-state index is 1.01. The van der Waals surface area contributed by atoms with E-state index in [1.165, 1.54) is 33.4 Å². The predicted octanol–water partition coefficient (Wildman–Crippen LogP) is 7.01. The van der Waals surface area contributed by atoms with Crippen molar-refractivity contribution in [3.8, 4) is 33.6 Å². The fourth-order valence-corrected chi connectivity index (χ4v) is 3.55. The summed E-state index contributed by atoms with van der Waals surface area (Å²) in [5, 5.41) is 0. The second kappa shape index (κ2) is 7.20. The van der Waals surface area contributed by atoms with Gasteiger partial charge in [0.15, 0.2) is 0 Å². The Morgan fingerprint density at radius 2 is 1.04 bits per heavy atom. The summed E-state index contributed by atoms with van der Waals surface area (Å²) in [7, 11) is 0. The quantitative estimate of drug-likeness (QED) is 0.388. The summed E-state index contributed by atoms with van der Waals surface area (Å²) < 4.78 is 0. The van der Waals surface area contributed by atoms with Crippen LogP contribution in [0.25, 0.3) is 33.6 Å². The minimum Gasteiger partial charge on any atom is -0.248 e. The second-order valence-corrected chi connectivity index (χ2v) is 7.24. The molecule has 1 nitrogen and oxygen atoms in total. The van der Waals surface area contributed by atoms with Gasteiger partial charge in [-0.3, -0.25) is 0 Å². The summed E-state index contributed by atoms with van der Waals surface area (Å²) in [5.74, 6) is 0. The van der Waals surface area contributed by atoms with Crippen LogP contribution < -0.4 is 0 Å². The zero-order chi connectivity index (χ0) is 18.8. The molecule has 0 radical (unpaired) electrons.